The molecule has 0 unspecified atom stereocenters. The molecule has 0 saturated heterocycles. The Morgan fingerprint density at radius 1 is 0.714 bits per heavy atom. The van der Waals surface area contributed by atoms with Gasteiger partial charge in [-0.25, -0.2) is 22.0 Å². The van der Waals surface area contributed by atoms with Gasteiger partial charge in [0.25, 0.3) is 0 Å². The first-order chi connectivity index (χ1) is 6.46. The summed E-state index contributed by atoms with van der Waals surface area (Å²) in [6, 6.07) is 0. The summed E-state index contributed by atoms with van der Waals surface area (Å²) < 4.78 is 61.6. The predicted molar refractivity (Wildman–Crippen MR) is 46.4 cm³/mol. The minimum atomic E-state index is -2.13. The fraction of sp³-hybridized carbons (Fsp3) is 0.125. The van der Waals surface area contributed by atoms with Gasteiger partial charge in [0.05, 0.1) is 0 Å². The highest BCUT2D eigenvalue weighted by molar-refractivity contribution is 7.15. The van der Waals surface area contributed by atoms with E-state index in [1.807, 2.05) is 0 Å². The van der Waals surface area contributed by atoms with Crippen LogP contribution in [-0.4, -0.2) is 6.30 Å². The monoisotopic (exact) mass is 228 g/mol. The molecule has 0 aliphatic heterocycles. The SMILES string of the molecule is C=P.Cc1c(F)c(F)c(F)c(F)c1F. The normalized spacial score (nSPS) is 9.29. The average molecular weight is 228 g/mol. The van der Waals surface area contributed by atoms with Gasteiger partial charge in [-0.15, -0.1) is 8.86 Å². The van der Waals surface area contributed by atoms with Gasteiger partial charge in [-0.2, -0.15) is 0 Å². The lowest BCUT2D eigenvalue weighted by Crippen LogP contribution is -2.03. The van der Waals surface area contributed by atoms with Crippen molar-refractivity contribution in [2.24, 2.45) is 0 Å². The molecule has 0 saturated carbocycles. The highest BCUT2D eigenvalue weighted by Crippen LogP contribution is 2.21. The Hall–Kier alpha value is -0.960. The van der Waals surface area contributed by atoms with Gasteiger partial charge in [0.1, 0.15) is 0 Å². The Labute approximate surface area is 79.6 Å². The number of hydrogen-bond acceptors (Lipinski definition) is 0. The van der Waals surface area contributed by atoms with E-state index in [0.717, 1.165) is 6.92 Å². The molecule has 0 nitrogen and oxygen atoms in total. The van der Waals surface area contributed by atoms with Crippen molar-refractivity contribution in [3.63, 3.8) is 0 Å². The van der Waals surface area contributed by atoms with Crippen LogP contribution in [0.15, 0.2) is 0 Å². The van der Waals surface area contributed by atoms with Gasteiger partial charge in [0, 0.05) is 5.56 Å². The zero-order chi connectivity index (χ0) is 11.5. The number of benzene rings is 1. The van der Waals surface area contributed by atoms with E-state index in [1.165, 1.54) is 0 Å². The molecule has 0 radical (unpaired) electrons. The second-order valence-corrected chi connectivity index (χ2v) is 2.19. The van der Waals surface area contributed by atoms with Gasteiger partial charge < -0.3 is 0 Å². The van der Waals surface area contributed by atoms with Gasteiger partial charge in [0.2, 0.25) is 5.82 Å². The summed E-state index contributed by atoms with van der Waals surface area (Å²) in [5.74, 6) is -9.52. The van der Waals surface area contributed by atoms with Gasteiger partial charge in [-0.3, -0.25) is 0 Å². The molecular formula is C8H6F5P. The Morgan fingerprint density at radius 2 is 0.929 bits per heavy atom. The van der Waals surface area contributed by atoms with Crippen LogP contribution in [0, 0.1) is 36.0 Å². The zero-order valence-corrected chi connectivity index (χ0v) is 8.10. The fourth-order valence-electron chi connectivity index (χ4n) is 0.715. The van der Waals surface area contributed by atoms with Crippen molar-refractivity contribution < 1.29 is 22.0 Å². The molecule has 0 aromatic heterocycles. The molecule has 0 heterocycles. The fourth-order valence-corrected chi connectivity index (χ4v) is 0.715. The lowest BCUT2D eigenvalue weighted by atomic mass is 10.2. The Bertz CT molecular complexity index is 245. The van der Waals surface area contributed by atoms with E-state index < -0.39 is 34.6 Å². The first-order valence-electron chi connectivity index (χ1n) is 3.30. The van der Waals surface area contributed by atoms with E-state index in [0.29, 0.717) is 0 Å². The van der Waals surface area contributed by atoms with Crippen LogP contribution in [0.4, 0.5) is 22.0 Å². The molecule has 0 atom stereocenters. The molecular weight excluding hydrogens is 222 g/mol. The van der Waals surface area contributed by atoms with Gasteiger partial charge in [0.15, 0.2) is 23.3 Å². The van der Waals surface area contributed by atoms with Crippen LogP contribution >= 0.6 is 8.86 Å². The van der Waals surface area contributed by atoms with Crippen LogP contribution in [0.5, 0.6) is 0 Å². The number of hydrogen-bond donors (Lipinski definition) is 0. The summed E-state index contributed by atoms with van der Waals surface area (Å²) in [7, 11) is 2.72. The maximum Gasteiger partial charge on any atom is 0.200 e. The molecule has 14 heavy (non-hydrogen) atoms. The molecule has 1 aromatic carbocycles. The van der Waals surface area contributed by atoms with Gasteiger partial charge >= 0.3 is 0 Å². The van der Waals surface area contributed by atoms with Crippen LogP contribution in [0.1, 0.15) is 5.56 Å². The molecule has 78 valence electrons. The molecule has 0 N–H and O–H groups in total. The largest absolute Gasteiger partial charge is 0.203 e. The maximum atomic E-state index is 12.4. The summed E-state index contributed by atoms with van der Waals surface area (Å²) in [6.45, 7) is 0.816. The number of rotatable bonds is 0. The molecule has 0 spiro atoms. The summed E-state index contributed by atoms with van der Waals surface area (Å²) >= 11 is 0. The molecule has 0 fully saturated rings. The molecule has 0 aliphatic carbocycles. The highest BCUT2D eigenvalue weighted by atomic mass is 31.0. The van der Waals surface area contributed by atoms with Gasteiger partial charge in [-0.1, -0.05) is 6.30 Å². The van der Waals surface area contributed by atoms with E-state index >= 15 is 0 Å². The first-order valence-corrected chi connectivity index (χ1v) is 4.01. The van der Waals surface area contributed by atoms with E-state index in [4.69, 9.17) is 0 Å². The molecule has 0 amide bonds. The van der Waals surface area contributed by atoms with E-state index in [9.17, 15) is 22.0 Å². The van der Waals surface area contributed by atoms with Crippen LogP contribution in [0.2, 0.25) is 0 Å². The first kappa shape index (κ1) is 13.0. The summed E-state index contributed by atoms with van der Waals surface area (Å²) in [5.41, 5.74) is -0.869. The third kappa shape index (κ3) is 2.10. The average Bonchev–Trinajstić information content (AvgIpc) is 2.24. The molecule has 6 heteroatoms. The Morgan fingerprint density at radius 3 is 1.21 bits per heavy atom. The Kier molecular flexibility index (Phi) is 4.71. The van der Waals surface area contributed by atoms with Crippen molar-refractivity contribution >= 4 is 15.2 Å². The van der Waals surface area contributed by atoms with Gasteiger partial charge in [-0.05, 0) is 6.92 Å². The predicted octanol–water partition coefficient (Wildman–Crippen LogP) is 3.25. The maximum absolute atomic E-state index is 12.4. The zero-order valence-electron chi connectivity index (χ0n) is 7.10. The lowest BCUT2D eigenvalue weighted by molar-refractivity contribution is 0.373. The van der Waals surface area contributed by atoms with Crippen LogP contribution < -0.4 is 0 Å². The minimum Gasteiger partial charge on any atom is -0.203 e. The molecule has 1 rings (SSSR count). The molecule has 0 bridgehead atoms. The third-order valence-electron chi connectivity index (χ3n) is 1.43. The van der Waals surface area contributed by atoms with Crippen molar-refractivity contribution in [2.45, 2.75) is 6.92 Å². The third-order valence-corrected chi connectivity index (χ3v) is 1.43. The van der Waals surface area contributed by atoms with E-state index in [-0.39, 0.29) is 0 Å². The second-order valence-electron chi connectivity index (χ2n) is 2.19. The Balaban J connectivity index is 0.000000791. The molecule has 1 aromatic rings. The molecule has 0 aliphatic rings. The van der Waals surface area contributed by atoms with E-state index in [2.05, 4.69) is 15.2 Å². The van der Waals surface area contributed by atoms with Crippen LogP contribution in [0.3, 0.4) is 0 Å². The standard InChI is InChI=1S/C7H3F5.CH3P/c1-2-3(8)5(10)7(12)6(11)4(2)9;1-2/h1H3;2H,1H2. The quantitative estimate of drug-likeness (QED) is 0.277. The summed E-state index contributed by atoms with van der Waals surface area (Å²) in [5, 5.41) is 0. The van der Waals surface area contributed by atoms with Crippen LogP contribution in [-0.2, 0) is 0 Å². The van der Waals surface area contributed by atoms with Crippen LogP contribution in [0.25, 0.3) is 0 Å². The summed E-state index contributed by atoms with van der Waals surface area (Å²) in [6.07, 6.45) is 3.06. The van der Waals surface area contributed by atoms with Crippen molar-refractivity contribution in [3.8, 4) is 0 Å². The van der Waals surface area contributed by atoms with Crippen molar-refractivity contribution in [1.29, 1.82) is 0 Å². The second kappa shape index (κ2) is 5.05. The smallest absolute Gasteiger partial charge is 0.200 e. The van der Waals surface area contributed by atoms with Crippen molar-refractivity contribution in [2.75, 3.05) is 0 Å². The summed E-state index contributed by atoms with van der Waals surface area (Å²) in [4.78, 5) is 0. The topological polar surface area (TPSA) is 0 Å². The minimum absolute atomic E-state index is 0.816. The van der Waals surface area contributed by atoms with Crippen molar-refractivity contribution in [3.05, 3.63) is 34.6 Å². The number of halogens is 5. The lowest BCUT2D eigenvalue weighted by Gasteiger charge is -2.02. The highest BCUT2D eigenvalue weighted by Gasteiger charge is 2.22. The van der Waals surface area contributed by atoms with E-state index in [1.54, 1.807) is 0 Å². The van der Waals surface area contributed by atoms with Crippen molar-refractivity contribution in [1.82, 2.24) is 0 Å².